The van der Waals surface area contributed by atoms with Crippen LogP contribution in [0.3, 0.4) is 0 Å². The molecular formula is C16H22N2O6S. The first-order valence-corrected chi connectivity index (χ1v) is 9.07. The van der Waals surface area contributed by atoms with Crippen molar-refractivity contribution < 1.29 is 27.5 Å². The number of methoxy groups -OCH3 is 2. The minimum Gasteiger partial charge on any atom is -0.466 e. The smallest absolute Gasteiger partial charge is 0.354 e. The van der Waals surface area contributed by atoms with Gasteiger partial charge in [-0.15, -0.1) is 0 Å². The summed E-state index contributed by atoms with van der Waals surface area (Å²) in [4.78, 5) is 23.2. The van der Waals surface area contributed by atoms with Crippen LogP contribution in [0.4, 0.5) is 5.69 Å². The number of ether oxygens (including phenoxy) is 2. The molecule has 0 aromatic heterocycles. The van der Waals surface area contributed by atoms with Crippen LogP contribution in [0, 0.1) is 0 Å². The summed E-state index contributed by atoms with van der Waals surface area (Å²) >= 11 is 0. The van der Waals surface area contributed by atoms with E-state index in [1.807, 2.05) is 6.92 Å². The zero-order valence-electron chi connectivity index (χ0n) is 14.4. The number of hydrogen-bond donors (Lipinski definition) is 2. The van der Waals surface area contributed by atoms with E-state index in [1.165, 1.54) is 12.1 Å². The van der Waals surface area contributed by atoms with E-state index in [4.69, 9.17) is 0 Å². The lowest BCUT2D eigenvalue weighted by molar-refractivity contribution is -0.138. The van der Waals surface area contributed by atoms with Crippen molar-refractivity contribution in [2.75, 3.05) is 26.1 Å². The first-order chi connectivity index (χ1) is 11.9. The molecule has 0 atom stereocenters. The fraction of sp³-hybridized carbons (Fsp3) is 0.375. The minimum absolute atomic E-state index is 0.0502. The molecule has 25 heavy (non-hydrogen) atoms. The van der Waals surface area contributed by atoms with E-state index >= 15 is 0 Å². The van der Waals surface area contributed by atoms with Gasteiger partial charge in [-0.05, 0) is 18.6 Å². The topological polar surface area (TPSA) is 111 Å². The fourth-order valence-corrected chi connectivity index (χ4v) is 3.08. The molecule has 0 heterocycles. The van der Waals surface area contributed by atoms with Gasteiger partial charge in [0.2, 0.25) is 10.0 Å². The minimum atomic E-state index is -3.78. The molecule has 0 saturated heterocycles. The van der Waals surface area contributed by atoms with Gasteiger partial charge in [-0.2, -0.15) is 0 Å². The van der Waals surface area contributed by atoms with E-state index < -0.39 is 22.0 Å². The van der Waals surface area contributed by atoms with E-state index in [9.17, 15) is 18.0 Å². The molecule has 0 unspecified atom stereocenters. The van der Waals surface area contributed by atoms with Gasteiger partial charge in [0.1, 0.15) is 10.6 Å². The van der Waals surface area contributed by atoms with Crippen LogP contribution in [0.25, 0.3) is 0 Å². The molecule has 0 aliphatic carbocycles. The van der Waals surface area contributed by atoms with E-state index in [0.717, 1.165) is 26.7 Å². The number of esters is 2. The molecule has 0 fully saturated rings. The molecule has 0 aliphatic heterocycles. The van der Waals surface area contributed by atoms with Gasteiger partial charge >= 0.3 is 11.9 Å². The number of nitrogens with one attached hydrogen (secondary N) is 2. The maximum Gasteiger partial charge on any atom is 0.354 e. The number of hydrogen-bond acceptors (Lipinski definition) is 7. The summed E-state index contributed by atoms with van der Waals surface area (Å²) in [6.07, 6.45) is 2.43. The summed E-state index contributed by atoms with van der Waals surface area (Å²) in [6, 6.07) is 6.02. The molecule has 1 rings (SSSR count). The van der Waals surface area contributed by atoms with Crippen LogP contribution in [0.1, 0.15) is 19.8 Å². The normalized spacial score (nSPS) is 11.7. The number of unbranched alkanes of at least 4 members (excludes halogenated alkanes) is 1. The third-order valence-electron chi connectivity index (χ3n) is 3.14. The predicted molar refractivity (Wildman–Crippen MR) is 92.3 cm³/mol. The van der Waals surface area contributed by atoms with Gasteiger partial charge < -0.3 is 14.8 Å². The van der Waals surface area contributed by atoms with E-state index in [2.05, 4.69) is 19.5 Å². The Morgan fingerprint density at radius 2 is 1.84 bits per heavy atom. The lowest BCUT2D eigenvalue weighted by Crippen LogP contribution is -2.26. The Bertz CT molecular complexity index is 743. The van der Waals surface area contributed by atoms with Crippen LogP contribution in [0.5, 0.6) is 0 Å². The fourth-order valence-electron chi connectivity index (χ4n) is 1.84. The molecule has 0 saturated carbocycles. The Morgan fingerprint density at radius 3 is 2.44 bits per heavy atom. The average molecular weight is 370 g/mol. The van der Waals surface area contributed by atoms with Gasteiger partial charge in [-0.1, -0.05) is 25.5 Å². The summed E-state index contributed by atoms with van der Waals surface area (Å²) in [6.45, 7) is 2.25. The molecule has 9 heteroatoms. The van der Waals surface area contributed by atoms with E-state index in [0.29, 0.717) is 13.0 Å². The Balaban J connectivity index is 3.19. The Morgan fingerprint density at radius 1 is 1.16 bits per heavy atom. The molecule has 138 valence electrons. The largest absolute Gasteiger partial charge is 0.466 e. The van der Waals surface area contributed by atoms with Crippen LogP contribution in [-0.2, 0) is 29.1 Å². The van der Waals surface area contributed by atoms with Gasteiger partial charge in [0, 0.05) is 6.54 Å². The number of anilines is 1. The molecule has 8 nitrogen and oxygen atoms in total. The summed E-state index contributed by atoms with van der Waals surface area (Å²) in [5.74, 6) is -1.62. The monoisotopic (exact) mass is 370 g/mol. The standard InChI is InChI=1S/C16H22N2O6S/c1-4-5-10-17-25(21,22)14-9-7-6-8-12(14)18-13(16(20)24-3)11-15(19)23-2/h6-9,11,17-18H,4-5,10H2,1-3H3/b13-11+. The van der Waals surface area contributed by atoms with Crippen LogP contribution in [0.2, 0.25) is 0 Å². The van der Waals surface area contributed by atoms with E-state index in [-0.39, 0.29) is 16.3 Å². The molecular weight excluding hydrogens is 348 g/mol. The first-order valence-electron chi connectivity index (χ1n) is 7.59. The van der Waals surface area contributed by atoms with Crippen molar-refractivity contribution in [1.29, 1.82) is 0 Å². The van der Waals surface area contributed by atoms with Crippen molar-refractivity contribution in [3.63, 3.8) is 0 Å². The van der Waals surface area contributed by atoms with Crippen molar-refractivity contribution in [2.45, 2.75) is 24.7 Å². The second-order valence-electron chi connectivity index (χ2n) is 4.95. The van der Waals surface area contributed by atoms with Crippen molar-refractivity contribution in [1.82, 2.24) is 4.72 Å². The molecule has 0 amide bonds. The number of benzene rings is 1. The molecule has 2 N–H and O–H groups in total. The second kappa shape index (κ2) is 9.80. The molecule has 0 bridgehead atoms. The molecule has 0 spiro atoms. The van der Waals surface area contributed by atoms with E-state index in [1.54, 1.807) is 12.1 Å². The number of carbonyl (C=O) groups is 2. The molecule has 1 aromatic rings. The summed E-state index contributed by atoms with van der Waals surface area (Å²) in [5, 5.41) is 2.63. The molecule has 0 radical (unpaired) electrons. The maximum atomic E-state index is 12.4. The average Bonchev–Trinajstić information content (AvgIpc) is 2.60. The Kier molecular flexibility index (Phi) is 8.09. The maximum absolute atomic E-state index is 12.4. The van der Waals surface area contributed by atoms with Crippen molar-refractivity contribution >= 4 is 27.6 Å². The molecule has 1 aromatic carbocycles. The number of rotatable bonds is 9. The van der Waals surface area contributed by atoms with Gasteiger partial charge in [0.05, 0.1) is 26.0 Å². The van der Waals surface area contributed by atoms with Crippen molar-refractivity contribution in [3.8, 4) is 0 Å². The Hall–Kier alpha value is -2.39. The predicted octanol–water partition coefficient (Wildman–Crippen LogP) is 1.41. The third-order valence-corrected chi connectivity index (χ3v) is 4.66. The summed E-state index contributed by atoms with van der Waals surface area (Å²) < 4.78 is 36.5. The number of sulfonamides is 1. The number of carbonyl (C=O) groups excluding carboxylic acids is 2. The highest BCUT2D eigenvalue weighted by Crippen LogP contribution is 2.22. The van der Waals surface area contributed by atoms with Crippen LogP contribution < -0.4 is 10.0 Å². The van der Waals surface area contributed by atoms with Crippen LogP contribution >= 0.6 is 0 Å². The summed E-state index contributed by atoms with van der Waals surface area (Å²) in [5.41, 5.74) is -0.113. The van der Waals surface area contributed by atoms with Crippen LogP contribution in [0.15, 0.2) is 40.9 Å². The number of para-hydroxylation sites is 1. The second-order valence-corrected chi connectivity index (χ2v) is 6.68. The van der Waals surface area contributed by atoms with Gasteiger partial charge in [0.15, 0.2) is 0 Å². The zero-order valence-corrected chi connectivity index (χ0v) is 15.2. The van der Waals surface area contributed by atoms with Crippen LogP contribution in [-0.4, -0.2) is 41.1 Å². The first kappa shape index (κ1) is 20.7. The zero-order chi connectivity index (χ0) is 18.9. The highest BCUT2D eigenvalue weighted by Gasteiger charge is 2.20. The lowest BCUT2D eigenvalue weighted by atomic mass is 10.3. The Labute approximate surface area is 147 Å². The van der Waals surface area contributed by atoms with Gasteiger partial charge in [0.25, 0.3) is 0 Å². The summed E-state index contributed by atoms with van der Waals surface area (Å²) in [7, 11) is -1.48. The molecule has 0 aliphatic rings. The van der Waals surface area contributed by atoms with Gasteiger partial charge in [-0.25, -0.2) is 22.7 Å². The van der Waals surface area contributed by atoms with Gasteiger partial charge in [-0.3, -0.25) is 0 Å². The SMILES string of the molecule is CCCCNS(=O)(=O)c1ccccc1N/C(=C/C(=O)OC)C(=O)OC. The van der Waals surface area contributed by atoms with Crippen molar-refractivity contribution in [3.05, 3.63) is 36.0 Å². The highest BCUT2D eigenvalue weighted by atomic mass is 32.2. The third kappa shape index (κ3) is 6.20. The van der Waals surface area contributed by atoms with Crippen molar-refractivity contribution in [2.24, 2.45) is 0 Å². The lowest BCUT2D eigenvalue weighted by Gasteiger charge is -2.14. The quantitative estimate of drug-likeness (QED) is 0.384. The highest BCUT2D eigenvalue weighted by molar-refractivity contribution is 7.89.